The molecule has 0 aliphatic heterocycles. The Morgan fingerprint density at radius 1 is 0.909 bits per heavy atom. The monoisotopic (exact) mass is 299 g/mol. The number of ether oxygens (including phenoxy) is 1. The van der Waals surface area contributed by atoms with Crippen molar-refractivity contribution in [2.75, 3.05) is 0 Å². The van der Waals surface area contributed by atoms with Gasteiger partial charge in [0.15, 0.2) is 0 Å². The van der Waals surface area contributed by atoms with Crippen LogP contribution in [-0.2, 0) is 6.42 Å². The van der Waals surface area contributed by atoms with Gasteiger partial charge in [0.2, 0.25) is 0 Å². The van der Waals surface area contributed by atoms with Gasteiger partial charge < -0.3 is 14.9 Å². The predicted molar refractivity (Wildman–Crippen MR) is 80.6 cm³/mol. The summed E-state index contributed by atoms with van der Waals surface area (Å²) in [5, 5.41) is 18.0. The van der Waals surface area contributed by atoms with E-state index in [2.05, 4.69) is 6.92 Å². The zero-order valence-corrected chi connectivity index (χ0v) is 11.8. The molecule has 113 valence electrons. The van der Waals surface area contributed by atoms with Gasteiger partial charge in [-0.2, -0.15) is 0 Å². The van der Waals surface area contributed by atoms with Gasteiger partial charge in [0.05, 0.1) is 11.1 Å². The lowest BCUT2D eigenvalue weighted by Gasteiger charge is -2.09. The van der Waals surface area contributed by atoms with Crippen molar-refractivity contribution >= 4 is 11.9 Å². The highest BCUT2D eigenvalue weighted by Crippen LogP contribution is 2.25. The Bertz CT molecular complexity index is 689. The van der Waals surface area contributed by atoms with Crippen molar-refractivity contribution in [1.82, 2.24) is 0 Å². The molecule has 2 rings (SSSR count). The van der Waals surface area contributed by atoms with Gasteiger partial charge >= 0.3 is 11.9 Å². The van der Waals surface area contributed by atoms with Crippen molar-refractivity contribution < 1.29 is 24.5 Å². The topological polar surface area (TPSA) is 83.8 Å². The number of aromatic carboxylic acids is 2. The van der Waals surface area contributed by atoms with Crippen LogP contribution in [0.4, 0.5) is 0 Å². The maximum Gasteiger partial charge on any atom is 0.336 e. The second-order valence-electron chi connectivity index (χ2n) is 4.67. The summed E-state index contributed by atoms with van der Waals surface area (Å²) in [6.07, 6.45) is 1.68. The number of carbonyl (C=O) groups is 2. The zero-order valence-electron chi connectivity index (χ0n) is 11.8. The van der Waals surface area contributed by atoms with E-state index in [0.717, 1.165) is 18.4 Å². The number of carboxylic acids is 2. The van der Waals surface area contributed by atoms with Gasteiger partial charge in [-0.3, -0.25) is 0 Å². The molecule has 0 saturated heterocycles. The quantitative estimate of drug-likeness (QED) is 0.850. The summed E-state index contributed by atoms with van der Waals surface area (Å²) in [7, 11) is 0. The number of hydrogen-bond donors (Lipinski definition) is 2. The third-order valence-corrected chi connectivity index (χ3v) is 3.08. The molecule has 0 aliphatic rings. The molecule has 2 N–H and O–H groups in total. The van der Waals surface area contributed by atoms with Crippen molar-refractivity contribution in [1.29, 1.82) is 0 Å². The molecule has 0 aliphatic carbocycles. The minimum absolute atomic E-state index is 0.271. The van der Waals surface area contributed by atoms with E-state index in [4.69, 9.17) is 14.9 Å². The molecule has 5 nitrogen and oxygen atoms in total. The van der Waals surface area contributed by atoms with Gasteiger partial charge in [-0.05, 0) is 48.7 Å². The predicted octanol–water partition coefficient (Wildman–Crippen LogP) is 3.64. The second kappa shape index (κ2) is 6.76. The first-order valence-corrected chi connectivity index (χ1v) is 6.68. The lowest BCUT2D eigenvalue weighted by Crippen LogP contribution is -2.07. The van der Waals surface area contributed by atoms with E-state index in [0.29, 0.717) is 5.75 Å². The van der Waals surface area contributed by atoms with E-state index in [1.807, 2.05) is 12.1 Å². The van der Waals surface area contributed by atoms with Gasteiger partial charge in [0.25, 0.3) is 0 Å². The van der Waals surface area contributed by atoms with Crippen LogP contribution in [0.1, 0.15) is 32.7 Å². The summed E-state index contributed by atoms with van der Waals surface area (Å²) in [6.45, 7) is 3.78. The molecule has 2 aromatic rings. The fraction of sp³-hybridized carbons (Fsp3) is 0.118. The molecule has 0 heterocycles. The molecule has 2 aromatic carbocycles. The number of carboxylic acid groups (broad SMARTS) is 2. The molecule has 0 saturated carbocycles. The minimum atomic E-state index is -1.31. The van der Waals surface area contributed by atoms with Crippen LogP contribution >= 0.6 is 0 Å². The van der Waals surface area contributed by atoms with E-state index in [9.17, 15) is 9.59 Å². The zero-order chi connectivity index (χ0) is 16.1. The molecule has 1 radical (unpaired) electrons. The minimum Gasteiger partial charge on any atom is -0.478 e. The van der Waals surface area contributed by atoms with Crippen LogP contribution in [0, 0.1) is 6.92 Å². The molecule has 22 heavy (non-hydrogen) atoms. The lowest BCUT2D eigenvalue weighted by molar-refractivity contribution is 0.0651. The highest BCUT2D eigenvalue weighted by Gasteiger charge is 2.17. The number of hydrogen-bond acceptors (Lipinski definition) is 3. The molecule has 5 heteroatoms. The molecule has 0 atom stereocenters. The summed E-state index contributed by atoms with van der Waals surface area (Å²) in [5.74, 6) is -1.78. The van der Waals surface area contributed by atoms with Gasteiger partial charge in [-0.25, -0.2) is 9.59 Å². The summed E-state index contributed by atoms with van der Waals surface area (Å²) >= 11 is 0. The Morgan fingerprint density at radius 2 is 1.50 bits per heavy atom. The first kappa shape index (κ1) is 15.6. The maximum atomic E-state index is 11.1. The van der Waals surface area contributed by atoms with Crippen LogP contribution in [0.5, 0.6) is 11.5 Å². The maximum absolute atomic E-state index is 11.1. The van der Waals surface area contributed by atoms with E-state index in [-0.39, 0.29) is 16.9 Å². The standard InChI is InChI=1S/C17H15O5/c1-2-3-11-4-6-12(7-5-11)22-13-8-9-14(16(18)19)15(10-13)17(20)21/h4-10H,1-3H2,(H,18,19)(H,20,21). The number of benzene rings is 2. The van der Waals surface area contributed by atoms with Crippen LogP contribution in [0.2, 0.25) is 0 Å². The summed E-state index contributed by atoms with van der Waals surface area (Å²) in [6, 6.07) is 11.2. The number of rotatable bonds is 6. The van der Waals surface area contributed by atoms with Crippen molar-refractivity contribution in [2.24, 2.45) is 0 Å². The first-order chi connectivity index (χ1) is 10.5. The second-order valence-corrected chi connectivity index (χ2v) is 4.67. The normalized spacial score (nSPS) is 10.2. The fourth-order valence-corrected chi connectivity index (χ4v) is 2.01. The van der Waals surface area contributed by atoms with E-state index < -0.39 is 11.9 Å². The Labute approximate surface area is 127 Å². The molecule has 0 fully saturated rings. The first-order valence-electron chi connectivity index (χ1n) is 6.68. The summed E-state index contributed by atoms with van der Waals surface area (Å²) in [4.78, 5) is 22.1. The third-order valence-electron chi connectivity index (χ3n) is 3.08. The number of aryl methyl sites for hydroxylation is 1. The van der Waals surface area contributed by atoms with E-state index >= 15 is 0 Å². The van der Waals surface area contributed by atoms with Crippen molar-refractivity contribution in [3.05, 3.63) is 66.1 Å². The highest BCUT2D eigenvalue weighted by atomic mass is 16.5. The molecule has 0 spiro atoms. The van der Waals surface area contributed by atoms with Gasteiger partial charge in [-0.15, -0.1) is 0 Å². The Kier molecular flexibility index (Phi) is 4.78. The summed E-state index contributed by atoms with van der Waals surface area (Å²) < 4.78 is 5.57. The van der Waals surface area contributed by atoms with Crippen molar-refractivity contribution in [2.45, 2.75) is 12.8 Å². The van der Waals surface area contributed by atoms with Gasteiger partial charge in [-0.1, -0.05) is 19.1 Å². The highest BCUT2D eigenvalue weighted by molar-refractivity contribution is 6.02. The van der Waals surface area contributed by atoms with Gasteiger partial charge in [0, 0.05) is 0 Å². The fourth-order valence-electron chi connectivity index (χ4n) is 2.01. The molecular weight excluding hydrogens is 284 g/mol. The van der Waals surface area contributed by atoms with Crippen LogP contribution < -0.4 is 4.74 Å². The molecular formula is C17H15O5. The molecule has 0 aromatic heterocycles. The largest absolute Gasteiger partial charge is 0.478 e. The van der Waals surface area contributed by atoms with Crippen LogP contribution in [-0.4, -0.2) is 22.2 Å². The summed E-state index contributed by atoms with van der Waals surface area (Å²) in [5.41, 5.74) is 0.555. The SMILES string of the molecule is [CH2]CCc1ccc(Oc2ccc(C(=O)O)c(C(=O)O)c2)cc1. The van der Waals surface area contributed by atoms with Crippen LogP contribution in [0.15, 0.2) is 42.5 Å². The van der Waals surface area contributed by atoms with Crippen LogP contribution in [0.25, 0.3) is 0 Å². The van der Waals surface area contributed by atoms with Gasteiger partial charge in [0.1, 0.15) is 11.5 Å². The average Bonchev–Trinajstić information content (AvgIpc) is 2.49. The average molecular weight is 299 g/mol. The molecule has 0 amide bonds. The molecule has 0 bridgehead atoms. The third kappa shape index (κ3) is 3.63. The Hall–Kier alpha value is -2.82. The Balaban J connectivity index is 2.24. The Morgan fingerprint density at radius 3 is 2.05 bits per heavy atom. The van der Waals surface area contributed by atoms with E-state index in [1.165, 1.54) is 18.2 Å². The lowest BCUT2D eigenvalue weighted by atomic mass is 10.1. The van der Waals surface area contributed by atoms with E-state index in [1.54, 1.807) is 12.1 Å². The molecule has 0 unspecified atom stereocenters. The van der Waals surface area contributed by atoms with Crippen LogP contribution in [0.3, 0.4) is 0 Å². The smallest absolute Gasteiger partial charge is 0.336 e. The van der Waals surface area contributed by atoms with Crippen molar-refractivity contribution in [3.8, 4) is 11.5 Å². The van der Waals surface area contributed by atoms with Crippen molar-refractivity contribution in [3.63, 3.8) is 0 Å².